The molecule has 0 saturated carbocycles. The molecule has 0 bridgehead atoms. The van der Waals surface area contributed by atoms with Crippen LogP contribution in [0.1, 0.15) is 0 Å². The lowest BCUT2D eigenvalue weighted by Crippen LogP contribution is -2.52. The minimum Gasteiger partial charge on any atom is -0.492 e. The maximum atomic E-state index is 12.9. The van der Waals surface area contributed by atoms with Crippen LogP contribution in [0.5, 0.6) is 5.75 Å². The summed E-state index contributed by atoms with van der Waals surface area (Å²) < 4.78 is 34.6. The van der Waals surface area contributed by atoms with Gasteiger partial charge in [0.2, 0.25) is 10.0 Å². The van der Waals surface area contributed by atoms with E-state index < -0.39 is 10.0 Å². The van der Waals surface area contributed by atoms with Crippen molar-refractivity contribution in [2.24, 2.45) is 5.92 Å². The van der Waals surface area contributed by atoms with E-state index in [2.05, 4.69) is 27.8 Å². The highest BCUT2D eigenvalue weighted by Gasteiger charge is 2.28. The van der Waals surface area contributed by atoms with Crippen LogP contribution in [0, 0.1) is 5.92 Å². The molecule has 5 rings (SSSR count). The molecule has 0 aliphatic carbocycles. The Balaban J connectivity index is 1.11. The first kappa shape index (κ1) is 20.9. The van der Waals surface area contributed by atoms with E-state index in [1.165, 1.54) is 5.39 Å². The van der Waals surface area contributed by atoms with Gasteiger partial charge >= 0.3 is 0 Å². The van der Waals surface area contributed by atoms with Crippen molar-refractivity contribution in [1.82, 2.24) is 9.62 Å². The van der Waals surface area contributed by atoms with E-state index in [1.54, 1.807) is 12.1 Å². The van der Waals surface area contributed by atoms with Crippen LogP contribution in [0.4, 0.5) is 0 Å². The van der Waals surface area contributed by atoms with Crippen LogP contribution >= 0.6 is 0 Å². The van der Waals surface area contributed by atoms with Gasteiger partial charge in [0.25, 0.3) is 0 Å². The highest BCUT2D eigenvalue weighted by atomic mass is 32.2. The number of nitrogens with zero attached hydrogens (tertiary/aromatic N) is 1. The molecule has 1 aliphatic rings. The van der Waals surface area contributed by atoms with Gasteiger partial charge in [-0.25, -0.2) is 13.1 Å². The number of rotatable bonds is 8. The van der Waals surface area contributed by atoms with Gasteiger partial charge in [0.05, 0.1) is 4.90 Å². The first-order valence-corrected chi connectivity index (χ1v) is 12.4. The van der Waals surface area contributed by atoms with E-state index in [1.807, 2.05) is 54.6 Å². The third-order valence-corrected chi connectivity index (χ3v) is 7.53. The summed E-state index contributed by atoms with van der Waals surface area (Å²) in [4.78, 5) is 2.64. The number of fused-ring (bicyclic) bond motifs is 2. The number of hydrogen-bond acceptors (Lipinski definition) is 4. The van der Waals surface area contributed by atoms with E-state index in [-0.39, 0.29) is 0 Å². The lowest BCUT2D eigenvalue weighted by atomic mass is 10.0. The molecule has 0 radical (unpaired) electrons. The van der Waals surface area contributed by atoms with Crippen LogP contribution in [0.25, 0.3) is 21.5 Å². The topological polar surface area (TPSA) is 58.6 Å². The van der Waals surface area contributed by atoms with Gasteiger partial charge < -0.3 is 4.74 Å². The van der Waals surface area contributed by atoms with Crippen LogP contribution in [-0.4, -0.2) is 46.1 Å². The molecule has 4 aromatic rings. The van der Waals surface area contributed by atoms with Crippen LogP contribution < -0.4 is 9.46 Å². The Morgan fingerprint density at radius 3 is 2.22 bits per heavy atom. The molecule has 32 heavy (non-hydrogen) atoms. The largest absolute Gasteiger partial charge is 0.492 e. The SMILES string of the molecule is O=S(=O)(NCC1CN(CCOc2cccc3ccccc23)C1)c1cccc2ccccc12. The second-order valence-corrected chi connectivity index (χ2v) is 10.0. The fraction of sp³-hybridized carbons (Fsp3) is 0.231. The lowest BCUT2D eigenvalue weighted by molar-refractivity contribution is 0.0857. The van der Waals surface area contributed by atoms with Crippen LogP contribution in [0.15, 0.2) is 89.8 Å². The second kappa shape index (κ2) is 8.90. The molecule has 0 spiro atoms. The minimum atomic E-state index is -3.54. The number of nitrogens with one attached hydrogen (secondary N) is 1. The number of benzene rings is 4. The molecule has 1 heterocycles. The van der Waals surface area contributed by atoms with Gasteiger partial charge in [-0.1, -0.05) is 72.8 Å². The Hall–Kier alpha value is -2.93. The van der Waals surface area contributed by atoms with Crippen LogP contribution in [0.2, 0.25) is 0 Å². The first-order chi connectivity index (χ1) is 15.6. The Morgan fingerprint density at radius 1 is 0.812 bits per heavy atom. The van der Waals surface area contributed by atoms with Gasteiger partial charge in [-0.15, -0.1) is 0 Å². The van der Waals surface area contributed by atoms with Gasteiger partial charge in [0.1, 0.15) is 12.4 Å². The number of likely N-dealkylation sites (tertiary alicyclic amines) is 1. The van der Waals surface area contributed by atoms with Crippen molar-refractivity contribution in [3.05, 3.63) is 84.9 Å². The number of sulfonamides is 1. The van der Waals surface area contributed by atoms with E-state index in [9.17, 15) is 8.42 Å². The second-order valence-electron chi connectivity index (χ2n) is 8.28. The molecule has 0 atom stereocenters. The monoisotopic (exact) mass is 446 g/mol. The highest BCUT2D eigenvalue weighted by Crippen LogP contribution is 2.26. The maximum Gasteiger partial charge on any atom is 0.241 e. The van der Waals surface area contributed by atoms with Crippen molar-refractivity contribution in [2.45, 2.75) is 4.90 Å². The molecule has 0 unspecified atom stereocenters. The summed E-state index contributed by atoms with van der Waals surface area (Å²) in [5.74, 6) is 1.22. The van der Waals surface area contributed by atoms with E-state index in [4.69, 9.17) is 4.74 Å². The normalized spacial score (nSPS) is 15.1. The molecule has 0 amide bonds. The summed E-state index contributed by atoms with van der Waals surface area (Å²) in [5, 5.41) is 3.98. The van der Waals surface area contributed by atoms with Crippen molar-refractivity contribution >= 4 is 31.6 Å². The van der Waals surface area contributed by atoms with E-state index in [0.29, 0.717) is 24.0 Å². The maximum absolute atomic E-state index is 12.9. The average molecular weight is 447 g/mol. The summed E-state index contributed by atoms with van der Waals surface area (Å²) in [6.07, 6.45) is 0. The fourth-order valence-corrected chi connectivity index (χ4v) is 5.67. The molecule has 1 fully saturated rings. The zero-order valence-electron chi connectivity index (χ0n) is 17.8. The third kappa shape index (κ3) is 4.35. The Labute approximate surface area is 188 Å². The van der Waals surface area contributed by atoms with Crippen LogP contribution in [0.3, 0.4) is 0 Å². The Morgan fingerprint density at radius 2 is 1.44 bits per heavy atom. The molecule has 4 aromatic carbocycles. The van der Waals surface area contributed by atoms with Crippen molar-refractivity contribution in [3.63, 3.8) is 0 Å². The summed E-state index contributed by atoms with van der Waals surface area (Å²) in [7, 11) is -3.54. The predicted molar refractivity (Wildman–Crippen MR) is 129 cm³/mol. The molecule has 1 aliphatic heterocycles. The molecule has 0 aromatic heterocycles. The van der Waals surface area contributed by atoms with Gasteiger partial charge in [0, 0.05) is 37.0 Å². The zero-order valence-corrected chi connectivity index (χ0v) is 18.6. The summed E-state index contributed by atoms with van der Waals surface area (Å²) in [5.41, 5.74) is 0. The van der Waals surface area contributed by atoms with Crippen molar-refractivity contribution in [1.29, 1.82) is 0 Å². The lowest BCUT2D eigenvalue weighted by Gasteiger charge is -2.39. The van der Waals surface area contributed by atoms with Crippen molar-refractivity contribution in [3.8, 4) is 5.75 Å². The molecule has 6 heteroatoms. The minimum absolute atomic E-state index is 0.317. The van der Waals surface area contributed by atoms with Gasteiger partial charge in [-0.2, -0.15) is 0 Å². The van der Waals surface area contributed by atoms with Gasteiger partial charge in [-0.05, 0) is 28.8 Å². The zero-order chi connectivity index (χ0) is 22.0. The standard InChI is InChI=1S/C26H26N2O3S/c29-32(30,26-14-6-10-22-8-2-4-12-24(22)26)27-17-20-18-28(19-20)15-16-31-25-13-5-9-21-7-1-3-11-23(21)25/h1-14,20,27H,15-19H2. The quantitative estimate of drug-likeness (QED) is 0.439. The van der Waals surface area contributed by atoms with E-state index >= 15 is 0 Å². The fourth-order valence-electron chi connectivity index (χ4n) is 4.33. The van der Waals surface area contributed by atoms with Crippen molar-refractivity contribution in [2.75, 3.05) is 32.8 Å². The van der Waals surface area contributed by atoms with Crippen LogP contribution in [-0.2, 0) is 10.0 Å². The van der Waals surface area contributed by atoms with Gasteiger partial charge in [0.15, 0.2) is 0 Å². The molecular formula is C26H26N2O3S. The average Bonchev–Trinajstić information content (AvgIpc) is 2.79. The molecule has 1 saturated heterocycles. The van der Waals surface area contributed by atoms with E-state index in [0.717, 1.165) is 41.5 Å². The smallest absolute Gasteiger partial charge is 0.241 e. The molecule has 5 nitrogen and oxygen atoms in total. The van der Waals surface area contributed by atoms with Crippen molar-refractivity contribution < 1.29 is 13.2 Å². The first-order valence-electron chi connectivity index (χ1n) is 10.9. The summed E-state index contributed by atoms with van der Waals surface area (Å²) in [6.45, 7) is 3.64. The van der Waals surface area contributed by atoms with Gasteiger partial charge in [-0.3, -0.25) is 4.90 Å². The molecule has 1 N–H and O–H groups in total. The molecular weight excluding hydrogens is 420 g/mol. The molecule has 164 valence electrons. The number of ether oxygens (including phenoxy) is 1. The predicted octanol–water partition coefficient (Wildman–Crippen LogP) is 4.28. The third-order valence-electron chi connectivity index (χ3n) is 6.05. The Bertz CT molecular complexity index is 1340. The highest BCUT2D eigenvalue weighted by molar-refractivity contribution is 7.89. The summed E-state index contributed by atoms with van der Waals surface area (Å²) >= 11 is 0. The Kier molecular flexibility index (Phi) is 5.83. The number of hydrogen-bond donors (Lipinski definition) is 1. The summed E-state index contributed by atoms with van der Waals surface area (Å²) in [6, 6.07) is 27.3.